The fourth-order valence-electron chi connectivity index (χ4n) is 4.35. The van der Waals surface area contributed by atoms with Crippen molar-refractivity contribution in [3.63, 3.8) is 0 Å². The molecule has 0 bridgehead atoms. The number of benzene rings is 3. The summed E-state index contributed by atoms with van der Waals surface area (Å²) >= 11 is 3.44. The summed E-state index contributed by atoms with van der Waals surface area (Å²) in [5.41, 5.74) is 1.84. The van der Waals surface area contributed by atoms with E-state index in [-0.39, 0.29) is 36.2 Å². The standard InChI is InChI=1S/C31H38BrN3O6S/c1-22(2)19-33-31(37)28(17-23-9-7-6-8-10-23)34(20-24-11-13-25(32)14-12-24)30(36)21-35(42(5,38)39)27-16-15-26(40-3)18-29(27)41-4/h6-16,18,22,28H,17,19-21H2,1-5H3,(H,33,37). The summed E-state index contributed by atoms with van der Waals surface area (Å²) in [6.45, 7) is 3.97. The summed E-state index contributed by atoms with van der Waals surface area (Å²) in [5, 5.41) is 2.97. The quantitative estimate of drug-likeness (QED) is 0.270. The Morgan fingerprint density at radius 2 is 1.60 bits per heavy atom. The smallest absolute Gasteiger partial charge is 0.244 e. The first-order chi connectivity index (χ1) is 19.9. The van der Waals surface area contributed by atoms with E-state index in [1.165, 1.54) is 25.2 Å². The summed E-state index contributed by atoms with van der Waals surface area (Å²) in [6.07, 6.45) is 1.28. The molecule has 0 aromatic heterocycles. The number of halogens is 1. The summed E-state index contributed by atoms with van der Waals surface area (Å²) in [6, 6.07) is 20.6. The minimum absolute atomic E-state index is 0.0933. The molecule has 3 aromatic rings. The lowest BCUT2D eigenvalue weighted by atomic mass is 10.0. The van der Waals surface area contributed by atoms with Gasteiger partial charge in [0.05, 0.1) is 26.2 Å². The van der Waals surface area contributed by atoms with Gasteiger partial charge in [0, 0.05) is 30.0 Å². The van der Waals surface area contributed by atoms with Gasteiger partial charge in [0.25, 0.3) is 0 Å². The molecule has 0 saturated carbocycles. The third-order valence-corrected chi connectivity index (χ3v) is 8.21. The molecule has 3 aromatic carbocycles. The number of ether oxygens (including phenoxy) is 2. The molecule has 0 saturated heterocycles. The summed E-state index contributed by atoms with van der Waals surface area (Å²) in [4.78, 5) is 29.4. The number of sulfonamides is 1. The fourth-order valence-corrected chi connectivity index (χ4v) is 5.47. The van der Waals surface area contributed by atoms with Gasteiger partial charge >= 0.3 is 0 Å². The minimum Gasteiger partial charge on any atom is -0.497 e. The predicted molar refractivity (Wildman–Crippen MR) is 168 cm³/mol. The Morgan fingerprint density at radius 1 is 0.929 bits per heavy atom. The monoisotopic (exact) mass is 659 g/mol. The molecule has 1 N–H and O–H groups in total. The number of nitrogens with zero attached hydrogens (tertiary/aromatic N) is 2. The number of anilines is 1. The van der Waals surface area contributed by atoms with Crippen molar-refractivity contribution in [3.8, 4) is 11.5 Å². The topological polar surface area (TPSA) is 105 Å². The van der Waals surface area contributed by atoms with Gasteiger partial charge in [-0.1, -0.05) is 72.2 Å². The van der Waals surface area contributed by atoms with Crippen LogP contribution in [-0.4, -0.2) is 64.7 Å². The summed E-state index contributed by atoms with van der Waals surface area (Å²) < 4.78 is 38.7. The zero-order valence-electron chi connectivity index (χ0n) is 24.5. The number of methoxy groups -OCH3 is 2. The maximum Gasteiger partial charge on any atom is 0.244 e. The molecule has 3 rings (SSSR count). The molecule has 9 nitrogen and oxygen atoms in total. The van der Waals surface area contributed by atoms with E-state index in [9.17, 15) is 18.0 Å². The molecular weight excluding hydrogens is 622 g/mol. The lowest BCUT2D eigenvalue weighted by molar-refractivity contribution is -0.140. The van der Waals surface area contributed by atoms with Gasteiger partial charge in [-0.25, -0.2) is 8.42 Å². The van der Waals surface area contributed by atoms with Crippen LogP contribution in [0.2, 0.25) is 0 Å². The second-order valence-electron chi connectivity index (χ2n) is 10.3. The molecule has 2 amide bonds. The highest BCUT2D eigenvalue weighted by Crippen LogP contribution is 2.34. The third-order valence-electron chi connectivity index (χ3n) is 6.56. The largest absolute Gasteiger partial charge is 0.497 e. The highest BCUT2D eigenvalue weighted by Gasteiger charge is 2.33. The Hall–Kier alpha value is -3.57. The van der Waals surface area contributed by atoms with Crippen LogP contribution in [0.15, 0.2) is 77.3 Å². The van der Waals surface area contributed by atoms with Crippen molar-refractivity contribution in [2.24, 2.45) is 5.92 Å². The molecule has 226 valence electrons. The van der Waals surface area contributed by atoms with Gasteiger partial charge in [-0.2, -0.15) is 0 Å². The summed E-state index contributed by atoms with van der Waals surface area (Å²) in [5.74, 6) is 0.0394. The van der Waals surface area contributed by atoms with Crippen molar-refractivity contribution in [1.82, 2.24) is 10.2 Å². The molecule has 0 radical (unpaired) electrons. The van der Waals surface area contributed by atoms with Crippen molar-refractivity contribution in [1.29, 1.82) is 0 Å². The highest BCUT2D eigenvalue weighted by atomic mass is 79.9. The molecule has 1 unspecified atom stereocenters. The van der Waals surface area contributed by atoms with E-state index >= 15 is 0 Å². The van der Waals surface area contributed by atoms with Gasteiger partial charge in [0.1, 0.15) is 24.1 Å². The SMILES string of the molecule is COc1ccc(N(CC(=O)N(Cc2ccc(Br)cc2)C(Cc2ccccc2)C(=O)NCC(C)C)S(C)(=O)=O)c(OC)c1. The molecule has 0 aliphatic rings. The molecule has 1 atom stereocenters. The lowest BCUT2D eigenvalue weighted by Crippen LogP contribution is -2.53. The van der Waals surface area contributed by atoms with Crippen LogP contribution < -0.4 is 19.1 Å². The number of rotatable bonds is 14. The molecule has 0 aliphatic carbocycles. The van der Waals surface area contributed by atoms with Gasteiger partial charge in [-0.15, -0.1) is 0 Å². The Morgan fingerprint density at radius 3 is 2.17 bits per heavy atom. The fraction of sp³-hybridized carbons (Fsp3) is 0.355. The van der Waals surface area contributed by atoms with E-state index in [1.807, 2.05) is 68.4 Å². The normalized spacial score (nSPS) is 12.0. The number of carbonyl (C=O) groups excluding carboxylic acids is 2. The zero-order valence-corrected chi connectivity index (χ0v) is 26.9. The van der Waals surface area contributed by atoms with Crippen LogP contribution in [0.4, 0.5) is 5.69 Å². The first kappa shape index (κ1) is 32.9. The maximum absolute atomic E-state index is 14.2. The molecule has 0 heterocycles. The van der Waals surface area contributed by atoms with Crippen LogP contribution in [0, 0.1) is 5.92 Å². The number of amides is 2. The Kier molecular flexibility index (Phi) is 11.8. The highest BCUT2D eigenvalue weighted by molar-refractivity contribution is 9.10. The molecular formula is C31H38BrN3O6S. The van der Waals surface area contributed by atoms with Crippen LogP contribution in [0.3, 0.4) is 0 Å². The van der Waals surface area contributed by atoms with Crippen LogP contribution in [0.5, 0.6) is 11.5 Å². The Labute approximate surface area is 257 Å². The van der Waals surface area contributed by atoms with Crippen LogP contribution in [0.25, 0.3) is 0 Å². The second-order valence-corrected chi connectivity index (χ2v) is 13.1. The predicted octanol–water partition coefficient (Wildman–Crippen LogP) is 4.64. The van der Waals surface area contributed by atoms with Gasteiger partial charge < -0.3 is 19.7 Å². The molecule has 42 heavy (non-hydrogen) atoms. The molecule has 11 heteroatoms. The molecule has 0 aliphatic heterocycles. The van der Waals surface area contributed by atoms with Crippen LogP contribution in [-0.2, 0) is 32.6 Å². The van der Waals surface area contributed by atoms with Crippen molar-refractivity contribution >= 4 is 43.5 Å². The average Bonchev–Trinajstić information content (AvgIpc) is 2.96. The Bertz CT molecular complexity index is 1450. The number of carbonyl (C=O) groups is 2. The first-order valence-corrected chi connectivity index (χ1v) is 16.1. The van der Waals surface area contributed by atoms with E-state index < -0.39 is 28.5 Å². The van der Waals surface area contributed by atoms with Crippen molar-refractivity contribution < 1.29 is 27.5 Å². The van der Waals surface area contributed by atoms with E-state index in [0.29, 0.717) is 12.3 Å². The number of hydrogen-bond donors (Lipinski definition) is 1. The van der Waals surface area contributed by atoms with Gasteiger partial charge in [0.15, 0.2) is 0 Å². The Balaban J connectivity index is 2.08. The average molecular weight is 661 g/mol. The molecule has 0 fully saturated rings. The van der Waals surface area contributed by atoms with Crippen molar-refractivity contribution in [2.75, 3.05) is 37.9 Å². The van der Waals surface area contributed by atoms with E-state index in [4.69, 9.17) is 9.47 Å². The maximum atomic E-state index is 14.2. The summed E-state index contributed by atoms with van der Waals surface area (Å²) in [7, 11) is -1.04. The zero-order chi connectivity index (χ0) is 30.9. The van der Waals surface area contributed by atoms with Gasteiger partial charge in [-0.05, 0) is 41.3 Å². The first-order valence-electron chi connectivity index (χ1n) is 13.5. The van der Waals surface area contributed by atoms with Crippen LogP contribution >= 0.6 is 15.9 Å². The van der Waals surface area contributed by atoms with Crippen molar-refractivity contribution in [2.45, 2.75) is 32.9 Å². The number of hydrogen-bond acceptors (Lipinski definition) is 6. The lowest BCUT2D eigenvalue weighted by Gasteiger charge is -2.34. The van der Waals surface area contributed by atoms with Gasteiger partial charge in [-0.3, -0.25) is 13.9 Å². The number of nitrogens with one attached hydrogen (secondary N) is 1. The molecule has 0 spiro atoms. The second kappa shape index (κ2) is 15.1. The third kappa shape index (κ3) is 9.22. The van der Waals surface area contributed by atoms with Crippen molar-refractivity contribution in [3.05, 3.63) is 88.4 Å². The minimum atomic E-state index is -3.95. The van der Waals surface area contributed by atoms with Gasteiger partial charge in [0.2, 0.25) is 21.8 Å². The van der Waals surface area contributed by atoms with Crippen LogP contribution in [0.1, 0.15) is 25.0 Å². The van der Waals surface area contributed by atoms with E-state index in [1.54, 1.807) is 12.1 Å². The van der Waals surface area contributed by atoms with E-state index in [2.05, 4.69) is 21.2 Å². The van der Waals surface area contributed by atoms with E-state index in [0.717, 1.165) is 26.2 Å².